The smallest absolute Gasteiger partial charge is 0.230 e. The molecule has 6 heteroatoms. The lowest BCUT2D eigenvalue weighted by Gasteiger charge is -2.58. The molecule has 0 unspecified atom stereocenters. The SMILES string of the molecule is C[C@]12CC[C@H]3[C@@H](CNC4=CC(=O)CC[C@@]43C)[C@@H]1CC[C@@H]2C(=O)N(Cc1ccc(F)cc1)c1ccc(F)cc1. The molecule has 2 aromatic rings. The van der Waals surface area contributed by atoms with Crippen molar-refractivity contribution in [3.05, 3.63) is 77.5 Å². The van der Waals surface area contributed by atoms with Gasteiger partial charge in [0.2, 0.25) is 5.91 Å². The van der Waals surface area contributed by atoms with E-state index < -0.39 is 0 Å². The van der Waals surface area contributed by atoms with E-state index in [1.54, 1.807) is 29.2 Å². The van der Waals surface area contributed by atoms with Gasteiger partial charge in [-0.2, -0.15) is 0 Å². The third-order valence-electron chi connectivity index (χ3n) is 10.6. The van der Waals surface area contributed by atoms with Gasteiger partial charge in [-0.1, -0.05) is 26.0 Å². The highest BCUT2D eigenvalue weighted by molar-refractivity contribution is 5.95. The molecule has 1 N–H and O–H groups in total. The average molecular weight is 519 g/mol. The summed E-state index contributed by atoms with van der Waals surface area (Å²) in [7, 11) is 0. The Labute approximate surface area is 223 Å². The van der Waals surface area contributed by atoms with Crippen LogP contribution in [-0.2, 0) is 16.1 Å². The number of benzene rings is 2. The van der Waals surface area contributed by atoms with Crippen molar-refractivity contribution in [1.29, 1.82) is 0 Å². The van der Waals surface area contributed by atoms with Gasteiger partial charge >= 0.3 is 0 Å². The molecule has 3 fully saturated rings. The summed E-state index contributed by atoms with van der Waals surface area (Å²) in [6.07, 6.45) is 7.24. The number of allylic oxidation sites excluding steroid dienone is 2. The topological polar surface area (TPSA) is 49.4 Å². The van der Waals surface area contributed by atoms with Gasteiger partial charge in [0, 0.05) is 41.8 Å². The monoisotopic (exact) mass is 518 g/mol. The zero-order valence-corrected chi connectivity index (χ0v) is 22.2. The Balaban J connectivity index is 1.29. The number of ketones is 1. The minimum atomic E-state index is -0.342. The molecule has 4 nitrogen and oxygen atoms in total. The number of hydrogen-bond acceptors (Lipinski definition) is 3. The minimum Gasteiger partial charge on any atom is -0.387 e. The summed E-state index contributed by atoms with van der Waals surface area (Å²) in [6.45, 7) is 5.81. The predicted octanol–water partition coefficient (Wildman–Crippen LogP) is 6.41. The number of fused-ring (bicyclic) bond motifs is 5. The summed E-state index contributed by atoms with van der Waals surface area (Å²) >= 11 is 0. The highest BCUT2D eigenvalue weighted by Gasteiger charge is 2.60. The van der Waals surface area contributed by atoms with E-state index in [1.165, 1.54) is 24.3 Å². The highest BCUT2D eigenvalue weighted by Crippen LogP contribution is 2.64. The molecular weight excluding hydrogens is 482 g/mol. The second-order valence-electron chi connectivity index (χ2n) is 12.4. The number of nitrogens with one attached hydrogen (secondary N) is 1. The lowest BCUT2D eigenvalue weighted by molar-refractivity contribution is -0.130. The van der Waals surface area contributed by atoms with Gasteiger partial charge in [-0.15, -0.1) is 0 Å². The quantitative estimate of drug-likeness (QED) is 0.509. The van der Waals surface area contributed by atoms with Gasteiger partial charge < -0.3 is 10.2 Å². The van der Waals surface area contributed by atoms with E-state index in [9.17, 15) is 18.4 Å². The lowest BCUT2D eigenvalue weighted by Crippen LogP contribution is -2.57. The molecule has 1 saturated heterocycles. The van der Waals surface area contributed by atoms with Gasteiger partial charge in [0.15, 0.2) is 5.78 Å². The van der Waals surface area contributed by atoms with Gasteiger partial charge in [-0.3, -0.25) is 9.59 Å². The van der Waals surface area contributed by atoms with Crippen molar-refractivity contribution in [2.45, 2.75) is 58.9 Å². The zero-order chi connectivity index (χ0) is 26.7. The van der Waals surface area contributed by atoms with Gasteiger partial charge in [0.1, 0.15) is 11.6 Å². The Morgan fingerprint density at radius 2 is 1.63 bits per heavy atom. The molecule has 0 spiro atoms. The number of piperidine rings is 1. The normalized spacial score (nSPS) is 33.9. The second-order valence-corrected chi connectivity index (χ2v) is 12.4. The Morgan fingerprint density at radius 3 is 2.34 bits per heavy atom. The van der Waals surface area contributed by atoms with Crippen LogP contribution in [0.2, 0.25) is 0 Å². The number of anilines is 1. The number of nitrogens with zero attached hydrogens (tertiary/aromatic N) is 1. The van der Waals surface area contributed by atoms with E-state index in [0.29, 0.717) is 36.4 Å². The first-order chi connectivity index (χ1) is 18.2. The third kappa shape index (κ3) is 4.07. The minimum absolute atomic E-state index is 0.00296. The van der Waals surface area contributed by atoms with Crippen molar-refractivity contribution < 1.29 is 18.4 Å². The van der Waals surface area contributed by atoms with Gasteiger partial charge in [0.25, 0.3) is 0 Å². The molecule has 1 aliphatic heterocycles. The first kappa shape index (κ1) is 25.3. The summed E-state index contributed by atoms with van der Waals surface area (Å²) in [4.78, 5) is 28.2. The van der Waals surface area contributed by atoms with Crippen molar-refractivity contribution in [2.75, 3.05) is 11.4 Å². The number of carbonyl (C=O) groups is 2. The second kappa shape index (κ2) is 9.32. The van der Waals surface area contributed by atoms with Crippen LogP contribution in [0.3, 0.4) is 0 Å². The highest BCUT2D eigenvalue weighted by atomic mass is 19.1. The molecule has 6 atom stereocenters. The molecule has 0 aromatic heterocycles. The predicted molar refractivity (Wildman–Crippen MR) is 143 cm³/mol. The molecular formula is C32H36F2N2O2. The molecule has 1 amide bonds. The number of rotatable bonds is 4. The van der Waals surface area contributed by atoms with E-state index in [-0.39, 0.29) is 40.1 Å². The van der Waals surface area contributed by atoms with Gasteiger partial charge in [-0.05, 0) is 97.2 Å². The van der Waals surface area contributed by atoms with Crippen LogP contribution in [0.1, 0.15) is 57.9 Å². The first-order valence-electron chi connectivity index (χ1n) is 14.0. The van der Waals surface area contributed by atoms with Crippen LogP contribution in [0.5, 0.6) is 0 Å². The fraction of sp³-hybridized carbons (Fsp3) is 0.500. The van der Waals surface area contributed by atoms with Crippen LogP contribution in [-0.4, -0.2) is 18.2 Å². The molecule has 3 aliphatic carbocycles. The van der Waals surface area contributed by atoms with Crippen LogP contribution in [0.4, 0.5) is 14.5 Å². The Morgan fingerprint density at radius 1 is 0.947 bits per heavy atom. The van der Waals surface area contributed by atoms with E-state index in [1.807, 2.05) is 6.08 Å². The van der Waals surface area contributed by atoms with E-state index in [4.69, 9.17) is 0 Å². The van der Waals surface area contributed by atoms with Crippen LogP contribution >= 0.6 is 0 Å². The largest absolute Gasteiger partial charge is 0.387 e. The lowest BCUT2D eigenvalue weighted by atomic mass is 9.50. The summed E-state index contributed by atoms with van der Waals surface area (Å²) in [5.74, 6) is 0.925. The van der Waals surface area contributed by atoms with Crippen LogP contribution in [0, 0.1) is 46.1 Å². The number of hydrogen-bond donors (Lipinski definition) is 1. The van der Waals surface area contributed by atoms with Crippen molar-refractivity contribution in [3.8, 4) is 0 Å². The molecule has 200 valence electrons. The molecule has 2 aromatic carbocycles. The summed E-state index contributed by atoms with van der Waals surface area (Å²) in [5.41, 5.74) is 2.50. The fourth-order valence-electron chi connectivity index (χ4n) is 8.43. The molecule has 0 radical (unpaired) electrons. The number of halogens is 2. The molecule has 1 heterocycles. The van der Waals surface area contributed by atoms with Crippen molar-refractivity contribution >= 4 is 17.4 Å². The molecule has 0 bridgehead atoms. The zero-order valence-electron chi connectivity index (χ0n) is 22.2. The summed E-state index contributed by atoms with van der Waals surface area (Å²) in [6, 6.07) is 12.3. The Kier molecular flexibility index (Phi) is 6.20. The average Bonchev–Trinajstić information content (AvgIpc) is 3.26. The molecule has 6 rings (SSSR count). The summed E-state index contributed by atoms with van der Waals surface area (Å²) < 4.78 is 27.3. The maximum atomic E-state index is 14.3. The number of carbonyl (C=O) groups excluding carboxylic acids is 2. The maximum absolute atomic E-state index is 14.3. The molecule has 38 heavy (non-hydrogen) atoms. The number of amides is 1. The van der Waals surface area contributed by atoms with Crippen LogP contribution < -0.4 is 10.2 Å². The molecule has 2 saturated carbocycles. The van der Waals surface area contributed by atoms with Crippen LogP contribution in [0.25, 0.3) is 0 Å². The van der Waals surface area contributed by atoms with Crippen molar-refractivity contribution in [3.63, 3.8) is 0 Å². The van der Waals surface area contributed by atoms with Crippen LogP contribution in [0.15, 0.2) is 60.3 Å². The van der Waals surface area contributed by atoms with Crippen molar-refractivity contribution in [1.82, 2.24) is 5.32 Å². The van der Waals surface area contributed by atoms with E-state index >= 15 is 0 Å². The maximum Gasteiger partial charge on any atom is 0.230 e. The standard InChI is InChI=1S/C32H36F2N2O2/c1-31-16-14-27-25(18-35-29-17-24(37)13-15-32(27,29)2)26(31)11-12-28(31)30(38)36(23-9-7-22(34)8-10-23)19-20-3-5-21(33)6-4-20/h3-10,17,25-28,35H,11-16,18-19H2,1-2H3/t25-,26-,27-,28+,31-,32+/m0/s1. The molecule has 4 aliphatic rings. The van der Waals surface area contributed by atoms with E-state index in [0.717, 1.165) is 49.9 Å². The first-order valence-corrected chi connectivity index (χ1v) is 14.0. The fourth-order valence-corrected chi connectivity index (χ4v) is 8.43. The van der Waals surface area contributed by atoms with Gasteiger partial charge in [0.05, 0.1) is 6.54 Å². The third-order valence-corrected chi connectivity index (χ3v) is 10.6. The van der Waals surface area contributed by atoms with Gasteiger partial charge in [-0.25, -0.2) is 8.78 Å². The van der Waals surface area contributed by atoms with Crippen molar-refractivity contribution in [2.24, 2.45) is 34.5 Å². The Hall–Kier alpha value is -3.02. The summed E-state index contributed by atoms with van der Waals surface area (Å²) in [5, 5.41) is 3.63. The Bertz CT molecular complexity index is 1270. The van der Waals surface area contributed by atoms with E-state index in [2.05, 4.69) is 19.2 Å².